The monoisotopic (exact) mass is 314 g/mol. The lowest BCUT2D eigenvalue weighted by Crippen LogP contribution is -2.59. The molecule has 0 bridgehead atoms. The van der Waals surface area contributed by atoms with Gasteiger partial charge in [0.25, 0.3) is 0 Å². The lowest BCUT2D eigenvalue weighted by atomic mass is 11.9. The molecule has 0 fully saturated rings. The van der Waals surface area contributed by atoms with Crippen molar-refractivity contribution in [2.24, 2.45) is 0 Å². The van der Waals surface area contributed by atoms with E-state index in [1.165, 1.54) is 0 Å². The minimum Gasteiger partial charge on any atom is -0.234 e. The molecule has 0 saturated carbocycles. The van der Waals surface area contributed by atoms with Crippen LogP contribution in [0.3, 0.4) is 0 Å². The molecule has 0 aromatic rings. The van der Waals surface area contributed by atoms with Gasteiger partial charge in [-0.25, -0.2) is 25.3 Å². The van der Waals surface area contributed by atoms with E-state index in [2.05, 4.69) is 0 Å². The van der Waals surface area contributed by atoms with E-state index in [0.29, 0.717) is 18.8 Å². The molecule has 0 saturated heterocycles. The van der Waals surface area contributed by atoms with E-state index in [1.807, 2.05) is 0 Å². The first-order chi connectivity index (χ1) is 6.31. The van der Waals surface area contributed by atoms with Gasteiger partial charge in [-0.2, -0.15) is 0 Å². The van der Waals surface area contributed by atoms with E-state index in [0.717, 1.165) is 0 Å². The van der Waals surface area contributed by atoms with Crippen molar-refractivity contribution in [1.29, 1.82) is 0 Å². The molecule has 0 aliphatic carbocycles. The van der Waals surface area contributed by atoms with Crippen molar-refractivity contribution < 1.29 is 25.3 Å². The van der Waals surface area contributed by atoms with Crippen molar-refractivity contribution in [3.05, 3.63) is 0 Å². The molecule has 6 nitrogen and oxygen atoms in total. The maximum Gasteiger partial charge on any atom is 0.466 e. The summed E-state index contributed by atoms with van der Waals surface area (Å²) in [6, 6.07) is 0. The van der Waals surface area contributed by atoms with Gasteiger partial charge in [0.2, 0.25) is 0 Å². The van der Waals surface area contributed by atoms with Crippen LogP contribution in [0.2, 0.25) is 0 Å². The Morgan fingerprint density at radius 2 is 1.00 bits per heavy atom. The molecule has 92 valence electrons. The van der Waals surface area contributed by atoms with E-state index >= 15 is 0 Å². The lowest BCUT2D eigenvalue weighted by molar-refractivity contribution is 0.605. The fourth-order valence-electron chi connectivity index (χ4n) is 1.12. The third-order valence-corrected chi connectivity index (χ3v) is 36.0. The van der Waals surface area contributed by atoms with Crippen LogP contribution >= 0.6 is 11.6 Å². The van der Waals surface area contributed by atoms with E-state index < -0.39 is 38.9 Å². The first kappa shape index (κ1) is 15.4. The Labute approximate surface area is 94.3 Å². The molecule has 0 aromatic heterocycles. The summed E-state index contributed by atoms with van der Waals surface area (Å²) >= 11 is 5.30. The van der Waals surface area contributed by atoms with Gasteiger partial charge in [-0.15, -0.1) is 11.6 Å². The molecule has 0 rings (SSSR count). The summed E-state index contributed by atoms with van der Waals surface area (Å²) in [4.78, 5) is 0. The highest BCUT2D eigenvalue weighted by atomic mass is 35.5. The lowest BCUT2D eigenvalue weighted by Gasteiger charge is -2.21. The Balaban J connectivity index is 6.58. The van der Waals surface area contributed by atoms with Gasteiger partial charge in [0, 0.05) is 18.8 Å². The maximum atomic E-state index is 11.4. The van der Waals surface area contributed by atoms with Crippen LogP contribution in [0.4, 0.5) is 0 Å². The van der Waals surface area contributed by atoms with Crippen molar-refractivity contribution in [2.45, 2.75) is 0 Å². The first-order valence-electron chi connectivity index (χ1n) is 3.46. The van der Waals surface area contributed by atoms with Gasteiger partial charge >= 0.3 is 5.52 Å². The number of halogens is 1. The predicted octanol–water partition coefficient (Wildman–Crippen LogP) is -1.16. The van der Waals surface area contributed by atoms with Crippen LogP contribution in [0, 0.1) is 0 Å². The Hall–Kier alpha value is 0.357. The normalized spacial score (nSPS) is 15.2. The van der Waals surface area contributed by atoms with Gasteiger partial charge in [0.05, 0.1) is 5.50 Å². The third kappa shape index (κ3) is 2.38. The first-order valence-corrected chi connectivity index (χ1v) is 14.0. The van der Waals surface area contributed by atoms with E-state index in [1.54, 1.807) is 0 Å². The average molecular weight is 315 g/mol. The zero-order valence-electron chi connectivity index (χ0n) is 8.26. The molecule has 0 unspecified atom stereocenters. The Morgan fingerprint density at radius 3 is 1.00 bits per heavy atom. The van der Waals surface area contributed by atoms with Crippen LogP contribution in [0.5, 0.6) is 0 Å². The van der Waals surface area contributed by atoms with E-state index in [9.17, 15) is 25.3 Å². The summed E-state index contributed by atoms with van der Waals surface area (Å²) in [5, 5.41) is 0. The van der Waals surface area contributed by atoms with Crippen molar-refractivity contribution >= 4 is 45.0 Å². The van der Waals surface area contributed by atoms with Crippen molar-refractivity contribution in [3.63, 3.8) is 0 Å². The molecule has 0 heterocycles. The summed E-state index contributed by atoms with van der Waals surface area (Å²) in [6.07, 6.45) is 1.76. The summed E-state index contributed by atoms with van der Waals surface area (Å²) in [5.41, 5.74) is -5.61. The SMILES string of the molecule is CS(=O)(=O)[Si](CCl)(S(C)(=O)=O)S(C)(=O)=O. The molecule has 0 N–H and O–H groups in total. The van der Waals surface area contributed by atoms with Crippen LogP contribution in [-0.4, -0.2) is 55.0 Å². The van der Waals surface area contributed by atoms with Gasteiger partial charge in [-0.05, 0) is 0 Å². The third-order valence-electron chi connectivity index (χ3n) is 1.86. The van der Waals surface area contributed by atoms with Crippen LogP contribution in [-0.2, 0) is 27.9 Å². The number of rotatable bonds is 4. The molecule has 0 aromatic carbocycles. The van der Waals surface area contributed by atoms with Crippen LogP contribution in [0.15, 0.2) is 0 Å². The molecule has 0 radical (unpaired) electrons. The molecule has 0 atom stereocenters. The molecular weight excluding hydrogens is 304 g/mol. The standard InChI is InChI=1S/C4H11ClO6S3Si/c1-12(6,7)15(4-5,13(2,8)9)14(3,10)11/h4H2,1-3H3. The van der Waals surface area contributed by atoms with Gasteiger partial charge in [0.15, 0.2) is 27.9 Å². The number of hydrogen-bond donors (Lipinski definition) is 0. The molecule has 15 heavy (non-hydrogen) atoms. The van der Waals surface area contributed by atoms with Gasteiger partial charge in [-0.1, -0.05) is 0 Å². The second-order valence-electron chi connectivity index (χ2n) is 3.13. The van der Waals surface area contributed by atoms with E-state index in [-0.39, 0.29) is 0 Å². The zero-order valence-corrected chi connectivity index (χ0v) is 12.5. The number of alkyl halides is 1. The molecule has 0 amide bonds. The highest BCUT2D eigenvalue weighted by Gasteiger charge is 2.64. The fourth-order valence-corrected chi connectivity index (χ4v) is 30.3. The molecule has 11 heteroatoms. The average Bonchev–Trinajstić information content (AvgIpc) is 1.76. The second-order valence-corrected chi connectivity index (χ2v) is 25.5. The summed E-state index contributed by atoms with van der Waals surface area (Å²) in [5.74, 6) is 0. The fraction of sp³-hybridized carbons (Fsp3) is 1.00. The highest BCUT2D eigenvalue weighted by molar-refractivity contribution is 8.73. The quantitative estimate of drug-likeness (QED) is 0.479. The van der Waals surface area contributed by atoms with Gasteiger partial charge in [0.1, 0.15) is 0 Å². The summed E-state index contributed by atoms with van der Waals surface area (Å²) < 4.78 is 68.4. The van der Waals surface area contributed by atoms with Crippen molar-refractivity contribution in [3.8, 4) is 0 Å². The Kier molecular flexibility index (Phi) is 4.08. The highest BCUT2D eigenvalue weighted by Crippen LogP contribution is 2.25. The summed E-state index contributed by atoms with van der Waals surface area (Å²) in [6.45, 7) is 0. The smallest absolute Gasteiger partial charge is 0.234 e. The Morgan fingerprint density at radius 1 is 0.800 bits per heavy atom. The van der Waals surface area contributed by atoms with Crippen molar-refractivity contribution in [2.75, 3.05) is 24.3 Å². The van der Waals surface area contributed by atoms with Crippen LogP contribution < -0.4 is 0 Å². The summed E-state index contributed by atoms with van der Waals surface area (Å²) in [7, 11) is -12.8. The zero-order chi connectivity index (χ0) is 12.7. The largest absolute Gasteiger partial charge is 0.466 e. The van der Waals surface area contributed by atoms with E-state index in [4.69, 9.17) is 11.6 Å². The van der Waals surface area contributed by atoms with Gasteiger partial charge in [-0.3, -0.25) is 0 Å². The van der Waals surface area contributed by atoms with Crippen molar-refractivity contribution in [1.82, 2.24) is 0 Å². The Bertz CT molecular complexity index is 464. The molecule has 0 spiro atoms. The molecule has 0 aliphatic rings. The second kappa shape index (κ2) is 3.98. The number of hydrogen-bond acceptors (Lipinski definition) is 6. The topological polar surface area (TPSA) is 102 Å². The van der Waals surface area contributed by atoms with Gasteiger partial charge < -0.3 is 0 Å². The minimum absolute atomic E-state index is 0.587. The van der Waals surface area contributed by atoms with Crippen LogP contribution in [0.1, 0.15) is 0 Å². The predicted molar refractivity (Wildman–Crippen MR) is 61.0 cm³/mol. The minimum atomic E-state index is -4.69. The maximum absolute atomic E-state index is 11.4. The van der Waals surface area contributed by atoms with Crippen LogP contribution in [0.25, 0.3) is 0 Å². The molecular formula is C4H11ClO6S3Si. The molecule has 0 aliphatic heterocycles.